The van der Waals surface area contributed by atoms with Crippen LogP contribution < -0.4 is 0 Å². The number of alkyl halides is 3. The monoisotopic (exact) mass is 317 g/mol. The van der Waals surface area contributed by atoms with E-state index in [0.717, 1.165) is 17.0 Å². The van der Waals surface area contributed by atoms with Gasteiger partial charge in [0.05, 0.1) is 5.56 Å². The highest BCUT2D eigenvalue weighted by Crippen LogP contribution is 2.30. The normalized spacial score (nSPS) is 11.6. The molecule has 0 radical (unpaired) electrons. The molecule has 0 saturated heterocycles. The van der Waals surface area contributed by atoms with Crippen molar-refractivity contribution < 1.29 is 27.9 Å². The average Bonchev–Trinajstić information content (AvgIpc) is 2.35. The molecule has 0 aliphatic heterocycles. The first-order valence-corrected chi connectivity index (χ1v) is 6.71. The maximum absolute atomic E-state index is 12.8. The average molecular weight is 317 g/mol. The zero-order chi connectivity index (χ0) is 17.1. The van der Waals surface area contributed by atoms with E-state index in [9.17, 15) is 22.8 Å². The Morgan fingerprint density at radius 2 is 1.86 bits per heavy atom. The molecule has 22 heavy (non-hydrogen) atoms. The van der Waals surface area contributed by atoms with Gasteiger partial charge < -0.3 is 10.0 Å². The van der Waals surface area contributed by atoms with Gasteiger partial charge in [-0.2, -0.15) is 13.2 Å². The fraction of sp³-hybridized carbons (Fsp3) is 0.467. The van der Waals surface area contributed by atoms with Crippen LogP contribution >= 0.6 is 0 Å². The molecule has 0 bridgehead atoms. The standard InChI is InChI=1S/C15H18F3NO3/c1-9(2)7-19(8-13(20)21)14(22)12-6-11(15(16,17)18)5-4-10(12)3/h4-6,9H,7-8H2,1-3H3,(H,20,21). The van der Waals surface area contributed by atoms with Crippen molar-refractivity contribution in [3.8, 4) is 0 Å². The van der Waals surface area contributed by atoms with E-state index >= 15 is 0 Å². The van der Waals surface area contributed by atoms with Gasteiger partial charge in [0.1, 0.15) is 6.54 Å². The van der Waals surface area contributed by atoms with E-state index in [4.69, 9.17) is 5.11 Å². The second-order valence-corrected chi connectivity index (χ2v) is 5.50. The van der Waals surface area contributed by atoms with Crippen molar-refractivity contribution in [2.24, 2.45) is 5.92 Å². The van der Waals surface area contributed by atoms with Gasteiger partial charge >= 0.3 is 12.1 Å². The van der Waals surface area contributed by atoms with Crippen LogP contribution in [0, 0.1) is 12.8 Å². The molecule has 1 rings (SSSR count). The van der Waals surface area contributed by atoms with Crippen LogP contribution in [-0.4, -0.2) is 35.0 Å². The van der Waals surface area contributed by atoms with E-state index in [0.29, 0.717) is 5.56 Å². The number of amides is 1. The molecule has 1 N–H and O–H groups in total. The summed E-state index contributed by atoms with van der Waals surface area (Å²) >= 11 is 0. The van der Waals surface area contributed by atoms with Gasteiger partial charge in [-0.05, 0) is 30.5 Å². The maximum Gasteiger partial charge on any atom is 0.416 e. The van der Waals surface area contributed by atoms with Crippen LogP contribution in [0.1, 0.15) is 35.3 Å². The number of nitrogens with zero attached hydrogens (tertiary/aromatic N) is 1. The molecule has 122 valence electrons. The van der Waals surface area contributed by atoms with Gasteiger partial charge in [-0.15, -0.1) is 0 Å². The molecule has 1 aromatic rings. The van der Waals surface area contributed by atoms with Crippen LogP contribution in [0.5, 0.6) is 0 Å². The van der Waals surface area contributed by atoms with E-state index in [-0.39, 0.29) is 18.0 Å². The quantitative estimate of drug-likeness (QED) is 0.907. The van der Waals surface area contributed by atoms with Crippen LogP contribution in [0.15, 0.2) is 18.2 Å². The van der Waals surface area contributed by atoms with Crippen molar-refractivity contribution >= 4 is 11.9 Å². The zero-order valence-corrected chi connectivity index (χ0v) is 12.6. The van der Waals surface area contributed by atoms with Crippen molar-refractivity contribution in [3.63, 3.8) is 0 Å². The first-order valence-electron chi connectivity index (χ1n) is 6.71. The molecule has 0 unspecified atom stereocenters. The Hall–Kier alpha value is -2.05. The van der Waals surface area contributed by atoms with Crippen LogP contribution in [0.25, 0.3) is 0 Å². The number of halogens is 3. The molecule has 0 spiro atoms. The first-order chi connectivity index (χ1) is 10.0. The number of benzene rings is 1. The molecule has 0 atom stereocenters. The molecule has 0 saturated carbocycles. The summed E-state index contributed by atoms with van der Waals surface area (Å²) < 4.78 is 38.3. The van der Waals surface area contributed by atoms with Gasteiger partial charge in [-0.25, -0.2) is 0 Å². The zero-order valence-electron chi connectivity index (χ0n) is 12.6. The molecule has 0 aliphatic rings. The Kier molecular flexibility index (Phi) is 5.57. The Balaban J connectivity index is 3.20. The predicted molar refractivity (Wildman–Crippen MR) is 74.6 cm³/mol. The molecule has 1 aromatic carbocycles. The number of hydrogen-bond donors (Lipinski definition) is 1. The third kappa shape index (κ3) is 4.75. The summed E-state index contributed by atoms with van der Waals surface area (Å²) in [5.41, 5.74) is -0.685. The second kappa shape index (κ2) is 6.81. The fourth-order valence-electron chi connectivity index (χ4n) is 2.02. The van der Waals surface area contributed by atoms with Gasteiger partial charge in [-0.1, -0.05) is 19.9 Å². The van der Waals surface area contributed by atoms with Crippen molar-refractivity contribution in [2.45, 2.75) is 26.9 Å². The Labute approximate surface area is 126 Å². The lowest BCUT2D eigenvalue weighted by Gasteiger charge is -2.24. The highest BCUT2D eigenvalue weighted by atomic mass is 19.4. The SMILES string of the molecule is Cc1ccc(C(F)(F)F)cc1C(=O)N(CC(=O)O)CC(C)C. The summed E-state index contributed by atoms with van der Waals surface area (Å²) in [6, 6.07) is 2.88. The minimum Gasteiger partial charge on any atom is -0.480 e. The number of carbonyl (C=O) groups is 2. The third-order valence-corrected chi connectivity index (χ3v) is 2.99. The molecule has 0 heterocycles. The highest BCUT2D eigenvalue weighted by Gasteiger charge is 2.32. The van der Waals surface area contributed by atoms with Crippen LogP contribution in [0.4, 0.5) is 13.2 Å². The van der Waals surface area contributed by atoms with Gasteiger partial charge in [0, 0.05) is 12.1 Å². The Morgan fingerprint density at radius 1 is 1.27 bits per heavy atom. The van der Waals surface area contributed by atoms with E-state index in [2.05, 4.69) is 0 Å². The summed E-state index contributed by atoms with van der Waals surface area (Å²) in [5, 5.41) is 8.87. The van der Waals surface area contributed by atoms with Gasteiger partial charge in [0.2, 0.25) is 0 Å². The highest BCUT2D eigenvalue weighted by molar-refractivity contribution is 5.97. The fourth-order valence-corrected chi connectivity index (χ4v) is 2.02. The van der Waals surface area contributed by atoms with Crippen LogP contribution in [-0.2, 0) is 11.0 Å². The smallest absolute Gasteiger partial charge is 0.416 e. The van der Waals surface area contributed by atoms with Crippen molar-refractivity contribution in [1.29, 1.82) is 0 Å². The number of aliphatic carboxylic acids is 1. The number of rotatable bonds is 5. The first kappa shape index (κ1) is 18.0. The minimum atomic E-state index is -4.56. The molecule has 0 fully saturated rings. The lowest BCUT2D eigenvalue weighted by Crippen LogP contribution is -2.38. The predicted octanol–water partition coefficient (Wildman–Crippen LogP) is 3.20. The molecular weight excluding hydrogens is 299 g/mol. The van der Waals surface area contributed by atoms with Crippen LogP contribution in [0.2, 0.25) is 0 Å². The molecule has 1 amide bonds. The number of hydrogen-bond acceptors (Lipinski definition) is 2. The molecule has 0 aromatic heterocycles. The number of carboxylic acids is 1. The van der Waals surface area contributed by atoms with E-state index in [1.54, 1.807) is 13.8 Å². The molecule has 4 nitrogen and oxygen atoms in total. The van der Waals surface area contributed by atoms with Gasteiger partial charge in [0.15, 0.2) is 0 Å². The summed E-state index contributed by atoms with van der Waals surface area (Å²) in [6.07, 6.45) is -4.56. The van der Waals surface area contributed by atoms with Crippen molar-refractivity contribution in [2.75, 3.05) is 13.1 Å². The summed E-state index contributed by atoms with van der Waals surface area (Å²) in [5.74, 6) is -1.92. The van der Waals surface area contributed by atoms with Crippen molar-refractivity contribution in [1.82, 2.24) is 4.90 Å². The maximum atomic E-state index is 12.8. The van der Waals surface area contributed by atoms with E-state index < -0.39 is 30.2 Å². The third-order valence-electron chi connectivity index (χ3n) is 2.99. The lowest BCUT2D eigenvalue weighted by atomic mass is 10.0. The molecular formula is C15H18F3NO3. The summed E-state index contributed by atoms with van der Waals surface area (Å²) in [6.45, 7) is 4.71. The van der Waals surface area contributed by atoms with Gasteiger partial charge in [0.25, 0.3) is 5.91 Å². The molecule has 0 aliphatic carbocycles. The second-order valence-electron chi connectivity index (χ2n) is 5.50. The minimum absolute atomic E-state index is 0.00518. The largest absolute Gasteiger partial charge is 0.480 e. The number of carbonyl (C=O) groups excluding carboxylic acids is 1. The summed E-state index contributed by atoms with van der Waals surface area (Å²) in [4.78, 5) is 24.3. The number of aryl methyl sites for hydroxylation is 1. The van der Waals surface area contributed by atoms with E-state index in [1.807, 2.05) is 0 Å². The molecule has 7 heteroatoms. The summed E-state index contributed by atoms with van der Waals surface area (Å²) in [7, 11) is 0. The topological polar surface area (TPSA) is 57.6 Å². The Morgan fingerprint density at radius 3 is 2.32 bits per heavy atom. The van der Waals surface area contributed by atoms with E-state index in [1.165, 1.54) is 13.0 Å². The Bertz CT molecular complexity index is 568. The van der Waals surface area contributed by atoms with Crippen molar-refractivity contribution in [3.05, 3.63) is 34.9 Å². The van der Waals surface area contributed by atoms with Crippen LogP contribution in [0.3, 0.4) is 0 Å². The lowest BCUT2D eigenvalue weighted by molar-refractivity contribution is -0.138. The van der Waals surface area contributed by atoms with Gasteiger partial charge in [-0.3, -0.25) is 9.59 Å². The number of carboxylic acid groups (broad SMARTS) is 1.